The van der Waals surface area contributed by atoms with Crippen LogP contribution in [-0.4, -0.2) is 13.5 Å². The molecule has 19 heavy (non-hydrogen) atoms. The van der Waals surface area contributed by atoms with Gasteiger partial charge in [0.1, 0.15) is 4.90 Å². The van der Waals surface area contributed by atoms with E-state index in [2.05, 4.69) is 20.7 Å². The molecule has 0 spiro atoms. The molecule has 0 unspecified atom stereocenters. The highest BCUT2D eigenvalue weighted by Crippen LogP contribution is 2.27. The number of aliphatic hydroxyl groups excluding tert-OH is 1. The summed E-state index contributed by atoms with van der Waals surface area (Å²) < 4.78 is 28.0. The zero-order valence-corrected chi connectivity index (χ0v) is 14.0. The average molecular weight is 382 g/mol. The summed E-state index contributed by atoms with van der Waals surface area (Å²) in [4.78, 5) is 1.60. The SMILES string of the molecule is Cc1csc(CO)c1S(=O)(=O)NCc1cc(Br)cs1. The fraction of sp³-hybridized carbons (Fsp3) is 0.273. The summed E-state index contributed by atoms with van der Waals surface area (Å²) in [7, 11) is -3.59. The largest absolute Gasteiger partial charge is 0.391 e. The molecule has 4 nitrogen and oxygen atoms in total. The van der Waals surface area contributed by atoms with E-state index in [0.717, 1.165) is 9.35 Å². The van der Waals surface area contributed by atoms with Crippen molar-refractivity contribution in [3.8, 4) is 0 Å². The van der Waals surface area contributed by atoms with Crippen LogP contribution < -0.4 is 4.72 Å². The zero-order valence-electron chi connectivity index (χ0n) is 10.0. The Morgan fingerprint density at radius 1 is 1.37 bits per heavy atom. The lowest BCUT2D eigenvalue weighted by molar-refractivity contribution is 0.282. The second-order valence-electron chi connectivity index (χ2n) is 3.88. The van der Waals surface area contributed by atoms with E-state index in [0.29, 0.717) is 10.4 Å². The molecule has 0 saturated carbocycles. The van der Waals surface area contributed by atoms with E-state index in [4.69, 9.17) is 0 Å². The minimum Gasteiger partial charge on any atom is -0.391 e. The second kappa shape index (κ2) is 6.02. The van der Waals surface area contributed by atoms with Crippen LogP contribution in [0.25, 0.3) is 0 Å². The lowest BCUT2D eigenvalue weighted by Crippen LogP contribution is -2.24. The van der Waals surface area contributed by atoms with E-state index in [1.807, 2.05) is 11.4 Å². The van der Waals surface area contributed by atoms with Gasteiger partial charge in [-0.1, -0.05) is 0 Å². The molecule has 104 valence electrons. The van der Waals surface area contributed by atoms with Crippen molar-refractivity contribution in [2.75, 3.05) is 0 Å². The molecule has 0 atom stereocenters. The van der Waals surface area contributed by atoms with Gasteiger partial charge >= 0.3 is 0 Å². The number of halogens is 1. The third kappa shape index (κ3) is 3.45. The van der Waals surface area contributed by atoms with E-state index < -0.39 is 10.0 Å². The molecule has 2 aromatic rings. The molecular formula is C11H12BrNO3S3. The zero-order chi connectivity index (χ0) is 14.0. The van der Waals surface area contributed by atoms with Crippen molar-refractivity contribution in [3.05, 3.63) is 36.6 Å². The minimum atomic E-state index is -3.59. The van der Waals surface area contributed by atoms with Crippen LogP contribution in [0.2, 0.25) is 0 Å². The highest BCUT2D eigenvalue weighted by atomic mass is 79.9. The van der Waals surface area contributed by atoms with Crippen LogP contribution in [0.1, 0.15) is 15.3 Å². The lowest BCUT2D eigenvalue weighted by atomic mass is 10.3. The van der Waals surface area contributed by atoms with Crippen molar-refractivity contribution in [1.29, 1.82) is 0 Å². The molecule has 0 aromatic carbocycles. The van der Waals surface area contributed by atoms with Gasteiger partial charge in [-0.25, -0.2) is 13.1 Å². The summed E-state index contributed by atoms with van der Waals surface area (Å²) in [6, 6.07) is 1.88. The van der Waals surface area contributed by atoms with Gasteiger partial charge in [-0.05, 0) is 39.9 Å². The average Bonchev–Trinajstić information content (AvgIpc) is 2.93. The van der Waals surface area contributed by atoms with Crippen LogP contribution in [0.3, 0.4) is 0 Å². The number of aliphatic hydroxyl groups is 1. The van der Waals surface area contributed by atoms with Crippen molar-refractivity contribution in [2.24, 2.45) is 0 Å². The highest BCUT2D eigenvalue weighted by molar-refractivity contribution is 9.10. The van der Waals surface area contributed by atoms with Crippen molar-refractivity contribution in [2.45, 2.75) is 25.0 Å². The Kier molecular flexibility index (Phi) is 4.80. The molecular weight excluding hydrogens is 370 g/mol. The normalized spacial score (nSPS) is 11.9. The van der Waals surface area contributed by atoms with Gasteiger partial charge in [0.15, 0.2) is 0 Å². The summed E-state index contributed by atoms with van der Waals surface area (Å²) in [5.41, 5.74) is 0.661. The molecule has 0 amide bonds. The van der Waals surface area contributed by atoms with Crippen molar-refractivity contribution in [3.63, 3.8) is 0 Å². The Balaban J connectivity index is 2.20. The molecule has 0 radical (unpaired) electrons. The molecule has 2 rings (SSSR count). The van der Waals surface area contributed by atoms with E-state index in [9.17, 15) is 13.5 Å². The molecule has 2 aromatic heterocycles. The highest BCUT2D eigenvalue weighted by Gasteiger charge is 2.22. The summed E-state index contributed by atoms with van der Waals surface area (Å²) in [5.74, 6) is 0. The number of thiophene rings is 2. The van der Waals surface area contributed by atoms with Gasteiger partial charge in [0.2, 0.25) is 10.0 Å². The van der Waals surface area contributed by atoms with Crippen LogP contribution in [0, 0.1) is 6.92 Å². The van der Waals surface area contributed by atoms with Crippen molar-refractivity contribution in [1.82, 2.24) is 4.72 Å². The monoisotopic (exact) mass is 381 g/mol. The Labute approximate surface area is 128 Å². The van der Waals surface area contributed by atoms with Gasteiger partial charge in [0, 0.05) is 21.3 Å². The van der Waals surface area contributed by atoms with E-state index >= 15 is 0 Å². The van der Waals surface area contributed by atoms with Gasteiger partial charge in [0.05, 0.1) is 11.5 Å². The number of hydrogen-bond acceptors (Lipinski definition) is 5. The van der Waals surface area contributed by atoms with Crippen molar-refractivity contribution >= 4 is 48.6 Å². The van der Waals surface area contributed by atoms with Gasteiger partial charge in [0.25, 0.3) is 0 Å². The maximum atomic E-state index is 12.3. The molecule has 2 heterocycles. The van der Waals surface area contributed by atoms with Gasteiger partial charge in [-0.3, -0.25) is 0 Å². The first-order valence-electron chi connectivity index (χ1n) is 5.34. The predicted molar refractivity (Wildman–Crippen MR) is 81.0 cm³/mol. The quantitative estimate of drug-likeness (QED) is 0.836. The number of rotatable bonds is 5. The third-order valence-electron chi connectivity index (χ3n) is 2.46. The molecule has 0 aliphatic heterocycles. The Morgan fingerprint density at radius 2 is 2.11 bits per heavy atom. The second-order valence-corrected chi connectivity index (χ2v) is 8.46. The molecule has 0 bridgehead atoms. The summed E-state index contributed by atoms with van der Waals surface area (Å²) in [6.45, 7) is 1.71. The maximum Gasteiger partial charge on any atom is 0.242 e. The fourth-order valence-corrected chi connectivity index (χ4v) is 5.79. The smallest absolute Gasteiger partial charge is 0.242 e. The maximum absolute atomic E-state index is 12.3. The Bertz CT molecular complexity index is 675. The lowest BCUT2D eigenvalue weighted by Gasteiger charge is -2.07. The number of nitrogens with one attached hydrogen (secondary N) is 1. The molecule has 0 saturated heterocycles. The van der Waals surface area contributed by atoms with E-state index in [1.165, 1.54) is 22.7 Å². The molecule has 2 N–H and O–H groups in total. The first-order valence-corrected chi connectivity index (χ1v) is 9.38. The minimum absolute atomic E-state index is 0.204. The molecule has 0 fully saturated rings. The van der Waals surface area contributed by atoms with Crippen LogP contribution >= 0.6 is 38.6 Å². The number of sulfonamides is 1. The van der Waals surface area contributed by atoms with E-state index in [-0.39, 0.29) is 18.0 Å². The molecule has 0 aliphatic rings. The van der Waals surface area contributed by atoms with Crippen molar-refractivity contribution < 1.29 is 13.5 Å². The summed E-state index contributed by atoms with van der Waals surface area (Å²) >= 11 is 6.06. The standard InChI is InChI=1S/C11H12BrNO3S3/c1-7-5-18-10(4-14)11(7)19(15,16)13-3-9-2-8(12)6-17-9/h2,5-6,13-14H,3-4H2,1H3. The van der Waals surface area contributed by atoms with Crippen LogP contribution in [0.15, 0.2) is 26.2 Å². The van der Waals surface area contributed by atoms with Gasteiger partial charge < -0.3 is 5.11 Å². The summed E-state index contributed by atoms with van der Waals surface area (Å²) in [5, 5.41) is 12.8. The first kappa shape index (κ1) is 15.1. The topological polar surface area (TPSA) is 66.4 Å². The number of aryl methyl sites for hydroxylation is 1. The Morgan fingerprint density at radius 3 is 2.68 bits per heavy atom. The first-order chi connectivity index (χ1) is 8.94. The number of hydrogen-bond donors (Lipinski definition) is 2. The van der Waals surface area contributed by atoms with Gasteiger partial charge in [-0.2, -0.15) is 0 Å². The predicted octanol–water partition coefficient (Wildman–Crippen LogP) is 2.85. The van der Waals surface area contributed by atoms with Gasteiger partial charge in [-0.15, -0.1) is 22.7 Å². The Hall–Kier alpha value is -0.250. The molecule has 8 heteroatoms. The van der Waals surface area contributed by atoms with Crippen LogP contribution in [0.5, 0.6) is 0 Å². The molecule has 0 aliphatic carbocycles. The fourth-order valence-electron chi connectivity index (χ4n) is 1.64. The van der Waals surface area contributed by atoms with E-state index in [1.54, 1.807) is 12.3 Å². The summed E-state index contributed by atoms with van der Waals surface area (Å²) in [6.07, 6.45) is 0. The third-order valence-corrected chi connectivity index (χ3v) is 7.01. The van der Waals surface area contributed by atoms with Crippen LogP contribution in [0.4, 0.5) is 0 Å². The van der Waals surface area contributed by atoms with Crippen LogP contribution in [-0.2, 0) is 23.2 Å².